The summed E-state index contributed by atoms with van der Waals surface area (Å²) < 4.78 is 13.7. The standard InChI is InChI=1S/C7H12O5.Na/c1-10-6(9)5(4-8)7(11-2)12-3;/h4,7-8H,1-3H3;/q;+1/p-1/b5-4-;. The van der Waals surface area contributed by atoms with Crippen LogP contribution in [0.15, 0.2) is 11.8 Å². The van der Waals surface area contributed by atoms with Crippen LogP contribution in [0.25, 0.3) is 0 Å². The summed E-state index contributed by atoms with van der Waals surface area (Å²) in [5.41, 5.74) is -0.192. The van der Waals surface area contributed by atoms with Gasteiger partial charge in [0.2, 0.25) is 0 Å². The SMILES string of the molecule is COC(=O)/C(=C/[O-])C(OC)OC.[Na+]. The van der Waals surface area contributed by atoms with E-state index in [1.807, 2.05) is 0 Å². The first kappa shape index (κ1) is 15.4. The Balaban J connectivity index is 0. The minimum absolute atomic E-state index is 0. The van der Waals surface area contributed by atoms with Gasteiger partial charge in [-0.15, -0.1) is 6.26 Å². The first-order chi connectivity index (χ1) is 5.71. The largest absolute Gasteiger partial charge is 1.00 e. The van der Waals surface area contributed by atoms with Crippen LogP contribution in [0.1, 0.15) is 0 Å². The predicted octanol–water partition coefficient (Wildman–Crippen LogP) is -3.97. The van der Waals surface area contributed by atoms with Crippen molar-refractivity contribution in [3.05, 3.63) is 11.8 Å². The minimum Gasteiger partial charge on any atom is -0.877 e. The average molecular weight is 198 g/mol. The summed E-state index contributed by atoms with van der Waals surface area (Å²) in [6.07, 6.45) is -0.612. The van der Waals surface area contributed by atoms with E-state index in [1.54, 1.807) is 0 Å². The fourth-order valence-corrected chi connectivity index (χ4v) is 0.668. The molecule has 0 unspecified atom stereocenters. The van der Waals surface area contributed by atoms with Gasteiger partial charge in [-0.25, -0.2) is 4.79 Å². The van der Waals surface area contributed by atoms with Crippen LogP contribution < -0.4 is 34.7 Å². The van der Waals surface area contributed by atoms with E-state index in [0.29, 0.717) is 6.26 Å². The number of rotatable bonds is 4. The zero-order valence-electron chi connectivity index (χ0n) is 8.20. The average Bonchev–Trinajstić information content (AvgIpc) is 2.12. The van der Waals surface area contributed by atoms with Crippen molar-refractivity contribution in [1.82, 2.24) is 0 Å². The maximum atomic E-state index is 10.9. The Labute approximate surface area is 98.9 Å². The van der Waals surface area contributed by atoms with Crippen molar-refractivity contribution in [2.45, 2.75) is 6.29 Å². The summed E-state index contributed by atoms with van der Waals surface area (Å²) in [5, 5.41) is 10.4. The van der Waals surface area contributed by atoms with Crippen LogP contribution in [0.2, 0.25) is 0 Å². The van der Waals surface area contributed by atoms with Crippen molar-refractivity contribution in [2.24, 2.45) is 0 Å². The second kappa shape index (κ2) is 8.52. The third-order valence-corrected chi connectivity index (χ3v) is 1.23. The van der Waals surface area contributed by atoms with E-state index >= 15 is 0 Å². The van der Waals surface area contributed by atoms with E-state index in [9.17, 15) is 9.90 Å². The van der Waals surface area contributed by atoms with Crippen LogP contribution in [0.4, 0.5) is 0 Å². The summed E-state index contributed by atoms with van der Waals surface area (Å²) in [4.78, 5) is 10.9. The number of methoxy groups -OCH3 is 3. The van der Waals surface area contributed by atoms with Crippen molar-refractivity contribution in [1.29, 1.82) is 0 Å². The Hall–Kier alpha value is -0.0700. The second-order valence-electron chi connectivity index (χ2n) is 1.87. The van der Waals surface area contributed by atoms with Crippen LogP contribution in [-0.2, 0) is 19.0 Å². The predicted molar refractivity (Wildman–Crippen MR) is 37.9 cm³/mol. The summed E-state index contributed by atoms with van der Waals surface area (Å²) in [6.45, 7) is 0. The van der Waals surface area contributed by atoms with E-state index in [1.165, 1.54) is 21.3 Å². The summed E-state index contributed by atoms with van der Waals surface area (Å²) >= 11 is 0. The molecule has 0 aliphatic carbocycles. The van der Waals surface area contributed by atoms with E-state index in [0.717, 1.165) is 0 Å². The molecule has 0 aromatic rings. The molecule has 0 aromatic heterocycles. The smallest absolute Gasteiger partial charge is 0.877 e. The Bertz CT molecular complexity index is 176. The molecule has 70 valence electrons. The molecule has 0 fully saturated rings. The Kier molecular flexibility index (Phi) is 10.1. The van der Waals surface area contributed by atoms with Gasteiger partial charge < -0.3 is 19.3 Å². The van der Waals surface area contributed by atoms with Gasteiger partial charge in [-0.2, -0.15) is 0 Å². The van der Waals surface area contributed by atoms with Crippen molar-refractivity contribution < 1.29 is 53.7 Å². The van der Waals surface area contributed by atoms with Crippen LogP contribution in [0.3, 0.4) is 0 Å². The van der Waals surface area contributed by atoms with Crippen LogP contribution in [0, 0.1) is 0 Å². The maximum absolute atomic E-state index is 10.9. The second-order valence-corrected chi connectivity index (χ2v) is 1.87. The molecule has 0 spiro atoms. The Morgan fingerprint density at radius 3 is 2.00 bits per heavy atom. The monoisotopic (exact) mass is 198 g/mol. The quantitative estimate of drug-likeness (QED) is 0.151. The molecule has 0 radical (unpaired) electrons. The fraction of sp³-hybridized carbons (Fsp3) is 0.571. The normalized spacial score (nSPS) is 10.9. The van der Waals surface area contributed by atoms with Gasteiger partial charge in [0, 0.05) is 14.2 Å². The molecule has 0 heterocycles. The number of carbonyl (C=O) groups excluding carboxylic acids is 1. The molecular formula is C7H11NaO5. The van der Waals surface area contributed by atoms with Crippen LogP contribution in [-0.4, -0.2) is 33.6 Å². The van der Waals surface area contributed by atoms with Crippen molar-refractivity contribution in [3.8, 4) is 0 Å². The maximum Gasteiger partial charge on any atom is 1.00 e. The Morgan fingerprint density at radius 1 is 1.31 bits per heavy atom. The van der Waals surface area contributed by atoms with Crippen LogP contribution in [0.5, 0.6) is 0 Å². The zero-order valence-corrected chi connectivity index (χ0v) is 10.2. The van der Waals surface area contributed by atoms with E-state index in [2.05, 4.69) is 14.2 Å². The van der Waals surface area contributed by atoms with Gasteiger partial charge in [0.25, 0.3) is 0 Å². The van der Waals surface area contributed by atoms with Gasteiger partial charge >= 0.3 is 35.5 Å². The summed E-state index contributed by atoms with van der Waals surface area (Å²) in [7, 11) is 3.81. The number of ether oxygens (including phenoxy) is 3. The van der Waals surface area contributed by atoms with Gasteiger partial charge in [0.1, 0.15) is 0 Å². The van der Waals surface area contributed by atoms with Gasteiger partial charge in [0.15, 0.2) is 6.29 Å². The molecule has 0 saturated heterocycles. The molecule has 0 amide bonds. The van der Waals surface area contributed by atoms with Gasteiger partial charge in [0.05, 0.1) is 12.7 Å². The third kappa shape index (κ3) is 4.64. The van der Waals surface area contributed by atoms with E-state index < -0.39 is 12.3 Å². The molecule has 0 N–H and O–H groups in total. The number of esters is 1. The number of carbonyl (C=O) groups is 1. The summed E-state index contributed by atoms with van der Waals surface area (Å²) in [6, 6.07) is 0. The molecule has 0 aliphatic rings. The molecule has 13 heavy (non-hydrogen) atoms. The van der Waals surface area contributed by atoms with Gasteiger partial charge in [-0.1, -0.05) is 0 Å². The first-order valence-corrected chi connectivity index (χ1v) is 3.17. The van der Waals surface area contributed by atoms with E-state index in [4.69, 9.17) is 0 Å². The van der Waals surface area contributed by atoms with Crippen molar-refractivity contribution in [3.63, 3.8) is 0 Å². The first-order valence-electron chi connectivity index (χ1n) is 3.17. The van der Waals surface area contributed by atoms with Crippen LogP contribution >= 0.6 is 0 Å². The topological polar surface area (TPSA) is 67.8 Å². The molecule has 0 aliphatic heterocycles. The molecular weight excluding hydrogens is 187 g/mol. The van der Waals surface area contributed by atoms with Gasteiger partial charge in [-0.05, 0) is 0 Å². The van der Waals surface area contributed by atoms with Gasteiger partial charge in [-0.3, -0.25) is 0 Å². The number of hydrogen-bond acceptors (Lipinski definition) is 5. The molecule has 0 atom stereocenters. The fourth-order valence-electron chi connectivity index (χ4n) is 0.668. The molecule has 6 heteroatoms. The molecule has 5 nitrogen and oxygen atoms in total. The Morgan fingerprint density at radius 2 is 1.77 bits per heavy atom. The summed E-state index contributed by atoms with van der Waals surface area (Å²) in [5.74, 6) is -0.751. The third-order valence-electron chi connectivity index (χ3n) is 1.23. The van der Waals surface area contributed by atoms with E-state index in [-0.39, 0.29) is 35.1 Å². The molecule has 0 aromatic carbocycles. The number of hydrogen-bond donors (Lipinski definition) is 0. The molecule has 0 bridgehead atoms. The molecule has 0 rings (SSSR count). The minimum atomic E-state index is -0.963. The zero-order chi connectivity index (χ0) is 9.56. The van der Waals surface area contributed by atoms with Crippen molar-refractivity contribution >= 4 is 5.97 Å². The molecule has 0 saturated carbocycles. The van der Waals surface area contributed by atoms with Crippen molar-refractivity contribution in [2.75, 3.05) is 21.3 Å².